The molecule has 0 radical (unpaired) electrons. The summed E-state index contributed by atoms with van der Waals surface area (Å²) in [6, 6.07) is 0. The summed E-state index contributed by atoms with van der Waals surface area (Å²) >= 11 is 0. The molecule has 94 valence electrons. The highest BCUT2D eigenvalue weighted by molar-refractivity contribution is 5.67. The maximum atomic E-state index is 10.5. The molecule has 1 aliphatic rings. The Morgan fingerprint density at radius 3 is 2.94 bits per heavy atom. The highest BCUT2D eigenvalue weighted by Gasteiger charge is 2.29. The van der Waals surface area contributed by atoms with Crippen LogP contribution in [-0.2, 0) is 17.9 Å². The summed E-state index contributed by atoms with van der Waals surface area (Å²) in [7, 11) is 0. The fourth-order valence-corrected chi connectivity index (χ4v) is 2.10. The van der Waals surface area contributed by atoms with E-state index in [9.17, 15) is 4.79 Å². The van der Waals surface area contributed by atoms with Crippen LogP contribution in [0.4, 0.5) is 0 Å². The van der Waals surface area contributed by atoms with Crippen molar-refractivity contribution in [2.24, 2.45) is 5.92 Å². The largest absolute Gasteiger partial charge is 0.481 e. The van der Waals surface area contributed by atoms with E-state index >= 15 is 0 Å². The minimum Gasteiger partial charge on any atom is -0.481 e. The number of aryl methyl sites for hydroxylation is 1. The van der Waals surface area contributed by atoms with E-state index in [4.69, 9.17) is 5.11 Å². The van der Waals surface area contributed by atoms with Crippen LogP contribution < -0.4 is 0 Å². The first-order valence-corrected chi connectivity index (χ1v) is 5.88. The summed E-state index contributed by atoms with van der Waals surface area (Å²) in [6.07, 6.45) is 1.26. The molecule has 0 aliphatic carbocycles. The molecular weight excluding hydrogens is 222 g/mol. The van der Waals surface area contributed by atoms with Gasteiger partial charge in [0.05, 0.1) is 13.0 Å². The van der Waals surface area contributed by atoms with Crippen molar-refractivity contribution in [2.75, 3.05) is 13.1 Å². The molecule has 0 unspecified atom stereocenters. The first-order chi connectivity index (χ1) is 8.19. The summed E-state index contributed by atoms with van der Waals surface area (Å²) in [5, 5.41) is 20.2. The number of rotatable bonds is 6. The lowest BCUT2D eigenvalue weighted by Gasteiger charge is -2.37. The van der Waals surface area contributed by atoms with Gasteiger partial charge in [-0.1, -0.05) is 6.92 Å². The lowest BCUT2D eigenvalue weighted by molar-refractivity contribution is -0.139. The van der Waals surface area contributed by atoms with E-state index in [0.29, 0.717) is 6.54 Å². The molecule has 7 heteroatoms. The number of hydrogen-bond donors (Lipinski definition) is 1. The van der Waals surface area contributed by atoms with Crippen molar-refractivity contribution in [1.29, 1.82) is 0 Å². The number of carboxylic acids is 1. The van der Waals surface area contributed by atoms with E-state index in [1.807, 2.05) is 4.68 Å². The normalized spacial score (nSPS) is 17.0. The van der Waals surface area contributed by atoms with Crippen molar-refractivity contribution in [3.63, 3.8) is 0 Å². The molecule has 17 heavy (non-hydrogen) atoms. The van der Waals surface area contributed by atoms with Gasteiger partial charge in [-0.05, 0) is 22.8 Å². The molecular formula is C10H17N5O2. The van der Waals surface area contributed by atoms with Gasteiger partial charge in [0.2, 0.25) is 0 Å². The average molecular weight is 239 g/mol. The lowest BCUT2D eigenvalue weighted by atomic mass is 9.96. The number of hydrogen-bond acceptors (Lipinski definition) is 5. The fraction of sp³-hybridized carbons (Fsp3) is 0.800. The monoisotopic (exact) mass is 239 g/mol. The summed E-state index contributed by atoms with van der Waals surface area (Å²) in [5.74, 6) is 0.425. The standard InChI is InChI=1S/C10H17N5O2/c1-2-3-15-9(11-12-13-15)7-14-5-8(6-14)4-10(16)17/h8H,2-7H2,1H3,(H,16,17). The topological polar surface area (TPSA) is 84.1 Å². The minimum atomic E-state index is -0.717. The zero-order chi connectivity index (χ0) is 12.3. The Hall–Kier alpha value is -1.50. The second-order valence-electron chi connectivity index (χ2n) is 4.48. The Balaban J connectivity index is 1.79. The predicted molar refractivity (Wildman–Crippen MR) is 59.1 cm³/mol. The van der Waals surface area contributed by atoms with Crippen LogP contribution in [0, 0.1) is 5.92 Å². The SMILES string of the molecule is CCCn1nnnc1CN1CC(CC(=O)O)C1. The summed E-state index contributed by atoms with van der Waals surface area (Å²) in [4.78, 5) is 12.7. The quantitative estimate of drug-likeness (QED) is 0.751. The van der Waals surface area contributed by atoms with Crippen LogP contribution in [0.3, 0.4) is 0 Å². The van der Waals surface area contributed by atoms with Gasteiger partial charge in [-0.25, -0.2) is 4.68 Å². The molecule has 0 spiro atoms. The van der Waals surface area contributed by atoms with Gasteiger partial charge < -0.3 is 5.11 Å². The number of likely N-dealkylation sites (tertiary alicyclic amines) is 1. The van der Waals surface area contributed by atoms with E-state index in [2.05, 4.69) is 27.3 Å². The summed E-state index contributed by atoms with van der Waals surface area (Å²) < 4.78 is 1.81. The van der Waals surface area contributed by atoms with Gasteiger partial charge >= 0.3 is 5.97 Å². The summed E-state index contributed by atoms with van der Waals surface area (Å²) in [5.41, 5.74) is 0. The number of nitrogens with zero attached hydrogens (tertiary/aromatic N) is 5. The van der Waals surface area contributed by atoms with Gasteiger partial charge in [0.1, 0.15) is 0 Å². The van der Waals surface area contributed by atoms with Gasteiger partial charge in [0.15, 0.2) is 5.82 Å². The molecule has 0 atom stereocenters. The predicted octanol–water partition coefficient (Wildman–Crippen LogP) is -0.0104. The Morgan fingerprint density at radius 2 is 2.29 bits per heavy atom. The van der Waals surface area contributed by atoms with E-state index in [0.717, 1.165) is 31.9 Å². The molecule has 1 saturated heterocycles. The molecule has 1 aromatic heterocycles. The van der Waals surface area contributed by atoms with Crippen molar-refractivity contribution in [3.8, 4) is 0 Å². The van der Waals surface area contributed by atoms with Crippen molar-refractivity contribution in [3.05, 3.63) is 5.82 Å². The molecule has 1 N–H and O–H groups in total. The van der Waals surface area contributed by atoms with Crippen molar-refractivity contribution in [2.45, 2.75) is 32.9 Å². The second kappa shape index (κ2) is 5.22. The van der Waals surface area contributed by atoms with Crippen LogP contribution in [-0.4, -0.2) is 49.3 Å². The number of carboxylic acid groups (broad SMARTS) is 1. The number of aromatic nitrogens is 4. The van der Waals surface area contributed by atoms with Crippen LogP contribution in [0.15, 0.2) is 0 Å². The van der Waals surface area contributed by atoms with Crippen molar-refractivity contribution < 1.29 is 9.90 Å². The first-order valence-electron chi connectivity index (χ1n) is 5.88. The fourth-order valence-electron chi connectivity index (χ4n) is 2.10. The molecule has 2 rings (SSSR count). The Labute approximate surface area is 99.4 Å². The van der Waals surface area contributed by atoms with Gasteiger partial charge in [0, 0.05) is 19.6 Å². The zero-order valence-corrected chi connectivity index (χ0v) is 9.91. The first kappa shape index (κ1) is 12.0. The zero-order valence-electron chi connectivity index (χ0n) is 9.91. The molecule has 1 fully saturated rings. The maximum absolute atomic E-state index is 10.5. The molecule has 1 aromatic rings. The van der Waals surface area contributed by atoms with Gasteiger partial charge in [0.25, 0.3) is 0 Å². The van der Waals surface area contributed by atoms with Crippen LogP contribution in [0.25, 0.3) is 0 Å². The second-order valence-corrected chi connectivity index (χ2v) is 4.48. The van der Waals surface area contributed by atoms with Crippen molar-refractivity contribution in [1.82, 2.24) is 25.1 Å². The molecule has 0 bridgehead atoms. The lowest BCUT2D eigenvalue weighted by Crippen LogP contribution is -2.47. The van der Waals surface area contributed by atoms with Crippen LogP contribution in [0.2, 0.25) is 0 Å². The third-order valence-corrected chi connectivity index (χ3v) is 2.90. The molecule has 7 nitrogen and oxygen atoms in total. The Kier molecular flexibility index (Phi) is 3.68. The van der Waals surface area contributed by atoms with Gasteiger partial charge in [-0.3, -0.25) is 9.69 Å². The molecule has 0 amide bonds. The number of carbonyl (C=O) groups is 1. The van der Waals surface area contributed by atoms with Crippen LogP contribution in [0.1, 0.15) is 25.6 Å². The van der Waals surface area contributed by atoms with Crippen LogP contribution in [0.5, 0.6) is 0 Å². The molecule has 0 saturated carbocycles. The van der Waals surface area contributed by atoms with E-state index in [1.165, 1.54) is 0 Å². The third-order valence-electron chi connectivity index (χ3n) is 2.90. The van der Waals surface area contributed by atoms with Crippen LogP contribution >= 0.6 is 0 Å². The number of aliphatic carboxylic acids is 1. The van der Waals surface area contributed by atoms with Gasteiger partial charge in [-0.15, -0.1) is 5.10 Å². The number of tetrazole rings is 1. The summed E-state index contributed by atoms with van der Waals surface area (Å²) in [6.45, 7) is 5.27. The van der Waals surface area contributed by atoms with Crippen molar-refractivity contribution >= 4 is 5.97 Å². The Bertz CT molecular complexity index is 386. The van der Waals surface area contributed by atoms with E-state index in [1.54, 1.807) is 0 Å². The highest BCUT2D eigenvalue weighted by Crippen LogP contribution is 2.20. The molecule has 1 aliphatic heterocycles. The maximum Gasteiger partial charge on any atom is 0.303 e. The average Bonchev–Trinajstić information content (AvgIpc) is 2.62. The van der Waals surface area contributed by atoms with E-state index < -0.39 is 5.97 Å². The molecule has 0 aromatic carbocycles. The smallest absolute Gasteiger partial charge is 0.303 e. The molecule has 2 heterocycles. The highest BCUT2D eigenvalue weighted by atomic mass is 16.4. The third kappa shape index (κ3) is 3.00. The van der Waals surface area contributed by atoms with E-state index in [-0.39, 0.29) is 12.3 Å². The van der Waals surface area contributed by atoms with Gasteiger partial charge in [-0.2, -0.15) is 0 Å². The minimum absolute atomic E-state index is 0.260. The Morgan fingerprint density at radius 1 is 1.53 bits per heavy atom.